The van der Waals surface area contributed by atoms with Gasteiger partial charge in [-0.2, -0.15) is 5.10 Å². The largest absolute Gasteiger partial charge is 0.259 e. The lowest BCUT2D eigenvalue weighted by Gasteiger charge is -2.03. The predicted molar refractivity (Wildman–Crippen MR) is 80.1 cm³/mol. The van der Waals surface area contributed by atoms with E-state index in [0.29, 0.717) is 11.0 Å². The number of nitrogens with one attached hydrogen (secondary N) is 1. The maximum atomic E-state index is 6.06. The number of halogens is 1. The summed E-state index contributed by atoms with van der Waals surface area (Å²) in [7, 11) is 0. The molecule has 0 aliphatic rings. The van der Waals surface area contributed by atoms with Crippen LogP contribution in [0.4, 0.5) is 5.82 Å². The lowest BCUT2D eigenvalue weighted by atomic mass is 10.3. The van der Waals surface area contributed by atoms with Gasteiger partial charge in [-0.3, -0.25) is 5.43 Å². The van der Waals surface area contributed by atoms with E-state index in [2.05, 4.69) is 20.5 Å². The van der Waals surface area contributed by atoms with Gasteiger partial charge in [-0.1, -0.05) is 29.8 Å². The third-order valence-electron chi connectivity index (χ3n) is 2.43. The van der Waals surface area contributed by atoms with Crippen molar-refractivity contribution in [2.75, 3.05) is 5.43 Å². The first kappa shape index (κ1) is 12.1. The molecule has 3 aromatic rings. The van der Waals surface area contributed by atoms with E-state index >= 15 is 0 Å². The summed E-state index contributed by atoms with van der Waals surface area (Å²) in [6.45, 7) is 0. The molecule has 19 heavy (non-hydrogen) atoms. The minimum Gasteiger partial charge on any atom is -0.259 e. The van der Waals surface area contributed by atoms with Gasteiger partial charge in [-0.15, -0.1) is 11.3 Å². The van der Waals surface area contributed by atoms with Gasteiger partial charge in [-0.25, -0.2) is 9.97 Å². The number of hydrogen-bond acceptors (Lipinski definition) is 5. The predicted octanol–water partition coefficient (Wildman–Crippen LogP) is 3.79. The van der Waals surface area contributed by atoms with E-state index in [9.17, 15) is 0 Å². The fourth-order valence-corrected chi connectivity index (χ4v) is 2.33. The van der Waals surface area contributed by atoms with E-state index in [-0.39, 0.29) is 0 Å². The van der Waals surface area contributed by atoms with Gasteiger partial charge in [0, 0.05) is 4.88 Å². The Balaban J connectivity index is 1.86. The monoisotopic (exact) mass is 288 g/mol. The van der Waals surface area contributed by atoms with Crippen molar-refractivity contribution in [1.29, 1.82) is 0 Å². The molecule has 0 amide bonds. The van der Waals surface area contributed by atoms with Gasteiger partial charge in [-0.05, 0) is 23.6 Å². The van der Waals surface area contributed by atoms with E-state index in [1.807, 2.05) is 41.8 Å². The quantitative estimate of drug-likeness (QED) is 0.589. The highest BCUT2D eigenvalue weighted by molar-refractivity contribution is 7.11. The molecule has 0 aliphatic carbocycles. The minimum absolute atomic E-state index is 0.307. The molecule has 0 saturated heterocycles. The van der Waals surface area contributed by atoms with Crippen LogP contribution in [0.15, 0.2) is 46.9 Å². The molecular weight excluding hydrogens is 280 g/mol. The molecule has 2 heterocycles. The molecule has 0 bridgehead atoms. The van der Waals surface area contributed by atoms with Crippen LogP contribution in [0.1, 0.15) is 4.88 Å². The van der Waals surface area contributed by atoms with E-state index in [4.69, 9.17) is 11.6 Å². The van der Waals surface area contributed by atoms with Crippen LogP contribution in [0.25, 0.3) is 11.0 Å². The maximum absolute atomic E-state index is 6.06. The fourth-order valence-electron chi connectivity index (χ4n) is 1.57. The Bertz CT molecular complexity index is 725. The molecule has 0 fully saturated rings. The lowest BCUT2D eigenvalue weighted by molar-refractivity contribution is 1.22. The molecule has 0 radical (unpaired) electrons. The highest BCUT2D eigenvalue weighted by Gasteiger charge is 2.05. The number of rotatable bonds is 3. The van der Waals surface area contributed by atoms with Gasteiger partial charge in [0.05, 0.1) is 17.2 Å². The molecule has 1 aromatic carbocycles. The molecule has 0 saturated carbocycles. The van der Waals surface area contributed by atoms with E-state index in [1.165, 1.54) is 0 Å². The zero-order chi connectivity index (χ0) is 13.1. The molecule has 0 aliphatic heterocycles. The topological polar surface area (TPSA) is 50.2 Å². The summed E-state index contributed by atoms with van der Waals surface area (Å²) in [5.41, 5.74) is 4.36. The second kappa shape index (κ2) is 5.34. The van der Waals surface area contributed by atoms with Crippen LogP contribution in [0.5, 0.6) is 0 Å². The Morgan fingerprint density at radius 2 is 1.89 bits per heavy atom. The van der Waals surface area contributed by atoms with Crippen LogP contribution in [0.2, 0.25) is 5.15 Å². The highest BCUT2D eigenvalue weighted by atomic mass is 35.5. The number of hydrazone groups is 1. The fraction of sp³-hybridized carbons (Fsp3) is 0. The molecule has 0 unspecified atom stereocenters. The van der Waals surface area contributed by atoms with E-state index < -0.39 is 0 Å². The molecular formula is C13H9ClN4S. The summed E-state index contributed by atoms with van der Waals surface area (Å²) in [5, 5.41) is 6.40. The number of hydrogen-bond donors (Lipinski definition) is 1. The average molecular weight is 289 g/mol. The third-order valence-corrected chi connectivity index (χ3v) is 3.50. The van der Waals surface area contributed by atoms with Crippen LogP contribution < -0.4 is 5.43 Å². The van der Waals surface area contributed by atoms with Crippen LogP contribution in [0, 0.1) is 0 Å². The van der Waals surface area contributed by atoms with Crippen molar-refractivity contribution >= 4 is 46.0 Å². The second-order valence-corrected chi connectivity index (χ2v) is 5.07. The van der Waals surface area contributed by atoms with Crippen LogP contribution in [0.3, 0.4) is 0 Å². The van der Waals surface area contributed by atoms with Crippen molar-refractivity contribution in [3.05, 3.63) is 51.8 Å². The van der Waals surface area contributed by atoms with E-state index in [0.717, 1.165) is 15.9 Å². The van der Waals surface area contributed by atoms with Crippen LogP contribution in [-0.4, -0.2) is 16.2 Å². The second-order valence-electron chi connectivity index (χ2n) is 3.74. The molecule has 6 heteroatoms. The van der Waals surface area contributed by atoms with Gasteiger partial charge in [0.15, 0.2) is 11.0 Å². The summed E-state index contributed by atoms with van der Waals surface area (Å²) in [6, 6.07) is 11.5. The molecule has 4 nitrogen and oxygen atoms in total. The van der Waals surface area contributed by atoms with Crippen molar-refractivity contribution < 1.29 is 0 Å². The highest BCUT2D eigenvalue weighted by Crippen LogP contribution is 2.20. The molecule has 0 spiro atoms. The smallest absolute Gasteiger partial charge is 0.185 e. The number of aromatic nitrogens is 2. The Morgan fingerprint density at radius 1 is 1.11 bits per heavy atom. The van der Waals surface area contributed by atoms with Crippen molar-refractivity contribution in [2.24, 2.45) is 5.10 Å². The summed E-state index contributed by atoms with van der Waals surface area (Å²) in [4.78, 5) is 9.69. The summed E-state index contributed by atoms with van der Waals surface area (Å²) in [6.07, 6.45) is 1.72. The zero-order valence-electron chi connectivity index (χ0n) is 9.75. The first-order valence-electron chi connectivity index (χ1n) is 5.58. The Hall–Kier alpha value is -1.98. The van der Waals surface area contributed by atoms with Gasteiger partial charge < -0.3 is 0 Å². The van der Waals surface area contributed by atoms with E-state index in [1.54, 1.807) is 17.6 Å². The first-order chi connectivity index (χ1) is 9.33. The van der Waals surface area contributed by atoms with Crippen molar-refractivity contribution in [3.63, 3.8) is 0 Å². The third kappa shape index (κ3) is 2.72. The Kier molecular flexibility index (Phi) is 3.39. The molecule has 1 N–H and O–H groups in total. The Labute approximate surface area is 118 Å². The molecule has 94 valence electrons. The number of nitrogens with zero attached hydrogens (tertiary/aromatic N) is 3. The van der Waals surface area contributed by atoms with Gasteiger partial charge in [0.25, 0.3) is 0 Å². The number of para-hydroxylation sites is 2. The van der Waals surface area contributed by atoms with Crippen molar-refractivity contribution in [2.45, 2.75) is 0 Å². The lowest BCUT2D eigenvalue weighted by Crippen LogP contribution is -1.96. The minimum atomic E-state index is 0.307. The van der Waals surface area contributed by atoms with Crippen molar-refractivity contribution in [1.82, 2.24) is 9.97 Å². The average Bonchev–Trinajstić information content (AvgIpc) is 2.92. The zero-order valence-corrected chi connectivity index (χ0v) is 11.3. The summed E-state index contributed by atoms with van der Waals surface area (Å²) in [5.74, 6) is 0.452. The summed E-state index contributed by atoms with van der Waals surface area (Å²) < 4.78 is 0. The first-order valence-corrected chi connectivity index (χ1v) is 6.83. The maximum Gasteiger partial charge on any atom is 0.185 e. The number of benzene rings is 1. The van der Waals surface area contributed by atoms with Gasteiger partial charge in [0.1, 0.15) is 0 Å². The molecule has 3 rings (SSSR count). The van der Waals surface area contributed by atoms with Crippen LogP contribution in [-0.2, 0) is 0 Å². The van der Waals surface area contributed by atoms with Crippen molar-refractivity contribution in [3.8, 4) is 0 Å². The van der Waals surface area contributed by atoms with Crippen LogP contribution >= 0.6 is 22.9 Å². The summed E-state index contributed by atoms with van der Waals surface area (Å²) >= 11 is 7.66. The van der Waals surface area contributed by atoms with Gasteiger partial charge in [0.2, 0.25) is 0 Å². The Morgan fingerprint density at radius 3 is 2.63 bits per heavy atom. The molecule has 2 aromatic heterocycles. The SMILES string of the molecule is Clc1nc2ccccc2nc1N/N=C/c1cccs1. The number of fused-ring (bicyclic) bond motifs is 1. The number of thiophene rings is 1. The normalized spacial score (nSPS) is 11.2. The number of anilines is 1. The van der Waals surface area contributed by atoms with Gasteiger partial charge >= 0.3 is 0 Å². The standard InChI is InChI=1S/C13H9ClN4S/c14-12-13(18-15-8-9-4-3-7-19-9)17-11-6-2-1-5-10(11)16-12/h1-8H,(H,17,18)/b15-8+. The molecule has 0 atom stereocenters.